The summed E-state index contributed by atoms with van der Waals surface area (Å²) in [5, 5.41) is 8.44. The minimum atomic E-state index is -0.648. The number of amides is 2. The van der Waals surface area contributed by atoms with Gasteiger partial charge in [0.05, 0.1) is 24.3 Å². The molecule has 0 heterocycles. The average Bonchev–Trinajstić information content (AvgIpc) is 2.97. The van der Waals surface area contributed by atoms with E-state index in [4.69, 9.17) is 0 Å². The van der Waals surface area contributed by atoms with Gasteiger partial charge >= 0.3 is 0 Å². The maximum atomic E-state index is 13.8. The highest BCUT2D eigenvalue weighted by atomic mass is 16.2. The van der Waals surface area contributed by atoms with Crippen LogP contribution in [-0.2, 0) is 9.59 Å². The monoisotopic (exact) mass is 498 g/mol. The molecule has 0 aliphatic heterocycles. The molecule has 0 unspecified atom stereocenters. The van der Waals surface area contributed by atoms with Crippen LogP contribution in [0.2, 0.25) is 0 Å². The second-order valence-electron chi connectivity index (χ2n) is 9.55. The highest BCUT2D eigenvalue weighted by Crippen LogP contribution is 2.58. The molecule has 0 fully saturated rings. The van der Waals surface area contributed by atoms with E-state index in [1.165, 1.54) is 0 Å². The zero-order chi connectivity index (χ0) is 25.9. The topological polar surface area (TPSA) is 82.9 Å². The molecule has 0 spiro atoms. The first-order valence-electron chi connectivity index (χ1n) is 12.7. The molecule has 186 valence electrons. The van der Waals surface area contributed by atoms with Gasteiger partial charge in [-0.05, 0) is 33.4 Å². The van der Waals surface area contributed by atoms with Gasteiger partial charge in [0, 0.05) is 11.8 Å². The van der Waals surface area contributed by atoms with Crippen molar-refractivity contribution in [2.75, 3.05) is 0 Å². The van der Waals surface area contributed by atoms with Crippen LogP contribution in [0, 0.1) is 11.8 Å². The average molecular weight is 499 g/mol. The number of rotatable bonds is 6. The van der Waals surface area contributed by atoms with Crippen molar-refractivity contribution in [3.63, 3.8) is 0 Å². The van der Waals surface area contributed by atoms with Crippen LogP contribution in [0.1, 0.15) is 45.2 Å². The van der Waals surface area contributed by atoms with Crippen molar-refractivity contribution in [3.05, 3.63) is 143 Å². The van der Waals surface area contributed by atoms with Gasteiger partial charge in [-0.15, -0.1) is 0 Å². The SMILES string of the molecule is O=C(N/N=C/c1ccccc1)[C@@H]1C2c3ccccc3C(c3ccccc32)[C@H]1C(=O)N/N=C/c1ccccc1. The van der Waals surface area contributed by atoms with E-state index < -0.39 is 11.8 Å². The maximum Gasteiger partial charge on any atom is 0.244 e. The van der Waals surface area contributed by atoms with E-state index in [-0.39, 0.29) is 23.7 Å². The van der Waals surface area contributed by atoms with Crippen LogP contribution >= 0.6 is 0 Å². The minimum absolute atomic E-state index is 0.270. The predicted octanol–water partition coefficient (Wildman–Crippen LogP) is 4.81. The number of benzene rings is 4. The summed E-state index contributed by atoms with van der Waals surface area (Å²) in [6.07, 6.45) is 3.22. The molecule has 0 saturated heterocycles. The molecule has 2 atom stereocenters. The smallest absolute Gasteiger partial charge is 0.244 e. The van der Waals surface area contributed by atoms with Crippen LogP contribution in [-0.4, -0.2) is 24.2 Å². The van der Waals surface area contributed by atoms with E-state index >= 15 is 0 Å². The van der Waals surface area contributed by atoms with Crippen LogP contribution in [0.15, 0.2) is 119 Å². The first-order valence-corrected chi connectivity index (χ1v) is 12.7. The fourth-order valence-electron chi connectivity index (χ4n) is 5.88. The molecule has 6 heteroatoms. The standard InChI is InChI=1S/C32H26N4O2/c37-31(35-33-19-21-11-3-1-4-12-21)29-27-23-15-7-9-17-25(23)28(26-18-10-8-16-24(26)27)30(29)32(38)36-34-20-22-13-5-2-6-14-22/h1-20,27-30H,(H,35,37)(H,36,38)/b33-19+,34-20+/t27?,28?,29-,30-/m1/s1. The number of hydrazone groups is 2. The minimum Gasteiger partial charge on any atom is -0.273 e. The van der Waals surface area contributed by atoms with E-state index in [1.807, 2.05) is 84.9 Å². The van der Waals surface area contributed by atoms with Crippen LogP contribution in [0.5, 0.6) is 0 Å². The summed E-state index contributed by atoms with van der Waals surface area (Å²) >= 11 is 0. The Labute approximate surface area is 221 Å². The number of carbonyl (C=O) groups excluding carboxylic acids is 2. The molecular weight excluding hydrogens is 472 g/mol. The zero-order valence-corrected chi connectivity index (χ0v) is 20.6. The van der Waals surface area contributed by atoms with E-state index in [9.17, 15) is 9.59 Å². The number of fused-ring (bicyclic) bond motifs is 1. The Bertz CT molecular complexity index is 1370. The lowest BCUT2D eigenvalue weighted by molar-refractivity contribution is -0.137. The third kappa shape index (κ3) is 4.30. The molecule has 38 heavy (non-hydrogen) atoms. The van der Waals surface area contributed by atoms with Crippen molar-refractivity contribution < 1.29 is 9.59 Å². The molecule has 0 aromatic heterocycles. The molecule has 3 aliphatic carbocycles. The molecule has 2 N–H and O–H groups in total. The van der Waals surface area contributed by atoms with Gasteiger partial charge < -0.3 is 0 Å². The lowest BCUT2D eigenvalue weighted by atomic mass is 9.54. The largest absolute Gasteiger partial charge is 0.273 e. The van der Waals surface area contributed by atoms with Gasteiger partial charge in [-0.1, -0.05) is 109 Å². The van der Waals surface area contributed by atoms with Crippen molar-refractivity contribution >= 4 is 24.2 Å². The van der Waals surface area contributed by atoms with E-state index in [0.717, 1.165) is 33.4 Å². The van der Waals surface area contributed by atoms with Gasteiger partial charge in [0.15, 0.2) is 0 Å². The van der Waals surface area contributed by atoms with Crippen molar-refractivity contribution in [3.8, 4) is 0 Å². The Morgan fingerprint density at radius 2 is 0.816 bits per heavy atom. The lowest BCUT2D eigenvalue weighted by Crippen LogP contribution is -2.51. The Balaban J connectivity index is 1.36. The van der Waals surface area contributed by atoms with Gasteiger partial charge in [0.2, 0.25) is 11.8 Å². The Morgan fingerprint density at radius 3 is 1.16 bits per heavy atom. The molecule has 3 aliphatic rings. The summed E-state index contributed by atoms with van der Waals surface area (Å²) < 4.78 is 0. The molecule has 7 rings (SSSR count). The molecule has 0 saturated carbocycles. The summed E-state index contributed by atoms with van der Waals surface area (Å²) in [4.78, 5) is 27.5. The second-order valence-corrected chi connectivity index (χ2v) is 9.55. The van der Waals surface area contributed by atoms with Crippen LogP contribution in [0.4, 0.5) is 0 Å². The number of nitrogens with one attached hydrogen (secondary N) is 2. The zero-order valence-electron chi connectivity index (χ0n) is 20.6. The number of nitrogens with zero attached hydrogens (tertiary/aromatic N) is 2. The number of hydrogen-bond donors (Lipinski definition) is 2. The van der Waals surface area contributed by atoms with Gasteiger partial charge in [-0.25, -0.2) is 10.9 Å². The van der Waals surface area contributed by atoms with Crippen molar-refractivity contribution in [1.29, 1.82) is 0 Å². The quantitative estimate of drug-likeness (QED) is 0.295. The first-order chi connectivity index (χ1) is 18.7. The summed E-state index contributed by atoms with van der Waals surface area (Å²) in [6.45, 7) is 0. The molecular formula is C32H26N4O2. The highest BCUT2D eigenvalue weighted by molar-refractivity contribution is 5.93. The molecule has 2 bridgehead atoms. The van der Waals surface area contributed by atoms with Crippen LogP contribution in [0.25, 0.3) is 0 Å². The fourth-order valence-corrected chi connectivity index (χ4v) is 5.88. The normalized spacial score (nSPS) is 21.2. The summed E-state index contributed by atoms with van der Waals surface area (Å²) in [7, 11) is 0. The maximum absolute atomic E-state index is 13.8. The van der Waals surface area contributed by atoms with Crippen molar-refractivity contribution in [1.82, 2.24) is 10.9 Å². The first kappa shape index (κ1) is 23.6. The molecule has 6 nitrogen and oxygen atoms in total. The number of carbonyl (C=O) groups is 2. The van der Waals surface area contributed by atoms with Crippen LogP contribution < -0.4 is 10.9 Å². The van der Waals surface area contributed by atoms with Crippen molar-refractivity contribution in [2.45, 2.75) is 11.8 Å². The lowest BCUT2D eigenvalue weighted by Gasteiger charge is -2.48. The van der Waals surface area contributed by atoms with E-state index in [2.05, 4.69) is 45.3 Å². The highest BCUT2D eigenvalue weighted by Gasteiger charge is 2.55. The predicted molar refractivity (Wildman–Crippen MR) is 148 cm³/mol. The fraction of sp³-hybridized carbons (Fsp3) is 0.125. The third-order valence-corrected chi connectivity index (χ3v) is 7.42. The third-order valence-electron chi connectivity index (χ3n) is 7.42. The Morgan fingerprint density at radius 1 is 0.500 bits per heavy atom. The van der Waals surface area contributed by atoms with E-state index in [0.29, 0.717) is 0 Å². The number of hydrogen-bond acceptors (Lipinski definition) is 4. The molecule has 4 aromatic carbocycles. The second kappa shape index (κ2) is 10.3. The Kier molecular flexibility index (Phi) is 6.36. The molecule has 0 radical (unpaired) electrons. The Hall–Kier alpha value is -4.84. The van der Waals surface area contributed by atoms with Gasteiger partial charge in [-0.3, -0.25) is 9.59 Å². The molecule has 2 amide bonds. The summed E-state index contributed by atoms with van der Waals surface area (Å²) in [5.41, 5.74) is 11.5. The van der Waals surface area contributed by atoms with Crippen LogP contribution in [0.3, 0.4) is 0 Å². The van der Waals surface area contributed by atoms with Gasteiger partial charge in [0.1, 0.15) is 0 Å². The summed E-state index contributed by atoms with van der Waals surface area (Å²) in [6, 6.07) is 35.4. The van der Waals surface area contributed by atoms with Gasteiger partial charge in [0.25, 0.3) is 0 Å². The molecule has 4 aromatic rings. The van der Waals surface area contributed by atoms with E-state index in [1.54, 1.807) is 12.4 Å². The summed E-state index contributed by atoms with van der Waals surface area (Å²) in [5.74, 6) is -2.41. The van der Waals surface area contributed by atoms with Crippen molar-refractivity contribution in [2.24, 2.45) is 22.0 Å². The van der Waals surface area contributed by atoms with Gasteiger partial charge in [-0.2, -0.15) is 10.2 Å².